The maximum atomic E-state index is 13.0. The van der Waals surface area contributed by atoms with Crippen molar-refractivity contribution in [2.45, 2.75) is 27.4 Å². The van der Waals surface area contributed by atoms with E-state index in [0.717, 1.165) is 16.5 Å². The molecule has 0 atom stereocenters. The van der Waals surface area contributed by atoms with E-state index in [9.17, 15) is 13.6 Å². The summed E-state index contributed by atoms with van der Waals surface area (Å²) in [6.07, 6.45) is 0. The highest BCUT2D eigenvalue weighted by Gasteiger charge is 2.16. The van der Waals surface area contributed by atoms with Gasteiger partial charge in [0.25, 0.3) is 5.91 Å². The third-order valence-corrected chi connectivity index (χ3v) is 4.43. The molecule has 0 aliphatic heterocycles. The lowest BCUT2D eigenvalue weighted by Crippen LogP contribution is -2.20. The molecule has 0 aliphatic rings. The number of ether oxygens (including phenoxy) is 1. The molecule has 0 saturated carbocycles. The zero-order chi connectivity index (χ0) is 20.3. The third kappa shape index (κ3) is 4.17. The van der Waals surface area contributed by atoms with E-state index in [2.05, 4.69) is 10.5 Å². The maximum Gasteiger partial charge on any atom is 0.387 e. The second kappa shape index (κ2) is 8.17. The Kier molecular flexibility index (Phi) is 5.68. The Morgan fingerprint density at radius 1 is 1.04 bits per heavy atom. The molecule has 0 heterocycles. The first-order valence-electron chi connectivity index (χ1n) is 8.75. The minimum atomic E-state index is -2.97. The van der Waals surface area contributed by atoms with Crippen LogP contribution in [0.25, 0.3) is 10.8 Å². The van der Waals surface area contributed by atoms with E-state index >= 15 is 0 Å². The minimum absolute atomic E-state index is 0.0371. The summed E-state index contributed by atoms with van der Waals surface area (Å²) in [4.78, 5) is 12.4. The first-order chi connectivity index (χ1) is 13.4. The van der Waals surface area contributed by atoms with E-state index in [1.165, 1.54) is 0 Å². The molecule has 0 fully saturated rings. The number of halogens is 2. The summed E-state index contributed by atoms with van der Waals surface area (Å²) < 4.78 is 30.7. The molecule has 0 aliphatic carbocycles. The fourth-order valence-electron chi connectivity index (χ4n) is 3.07. The van der Waals surface area contributed by atoms with Crippen molar-refractivity contribution in [3.8, 4) is 5.75 Å². The van der Waals surface area contributed by atoms with E-state index in [4.69, 9.17) is 4.74 Å². The number of hydrazone groups is 1. The highest BCUT2D eigenvalue weighted by atomic mass is 19.3. The van der Waals surface area contributed by atoms with Gasteiger partial charge in [-0.15, -0.1) is 0 Å². The van der Waals surface area contributed by atoms with Crippen molar-refractivity contribution in [3.63, 3.8) is 0 Å². The molecule has 144 valence electrons. The number of carbonyl (C=O) groups excluding carboxylic acids is 1. The van der Waals surface area contributed by atoms with Gasteiger partial charge in [0.15, 0.2) is 0 Å². The smallest absolute Gasteiger partial charge is 0.387 e. The van der Waals surface area contributed by atoms with Crippen LogP contribution in [0.3, 0.4) is 0 Å². The standard InChI is InChI=1S/C22H20F2N2O2/c1-13-8-10-17(14(2)12-13)21(27)26-25-15(3)18-11-9-16-6-4-5-7-19(16)20(18)28-22(23)24/h4-12,22H,1-3H3,(H,26,27)/b25-15-. The molecular formula is C22H20F2N2O2. The van der Waals surface area contributed by atoms with Crippen molar-refractivity contribution in [2.24, 2.45) is 5.10 Å². The van der Waals surface area contributed by atoms with Crippen LogP contribution in [0.2, 0.25) is 0 Å². The molecule has 0 spiro atoms. The van der Waals surface area contributed by atoms with Crippen LogP contribution in [0.1, 0.15) is 34.0 Å². The molecule has 3 aromatic carbocycles. The van der Waals surface area contributed by atoms with E-state index < -0.39 is 6.61 Å². The van der Waals surface area contributed by atoms with Gasteiger partial charge in [-0.3, -0.25) is 4.79 Å². The number of nitrogens with one attached hydrogen (secondary N) is 1. The highest BCUT2D eigenvalue weighted by molar-refractivity contribution is 6.07. The molecule has 0 radical (unpaired) electrons. The van der Waals surface area contributed by atoms with Gasteiger partial charge in [0, 0.05) is 16.5 Å². The lowest BCUT2D eigenvalue weighted by molar-refractivity contribution is -0.0489. The Bertz CT molecular complexity index is 1060. The van der Waals surface area contributed by atoms with Crippen LogP contribution < -0.4 is 10.2 Å². The number of hydrogen-bond acceptors (Lipinski definition) is 3. The van der Waals surface area contributed by atoms with Crippen LogP contribution >= 0.6 is 0 Å². The first-order valence-corrected chi connectivity index (χ1v) is 8.75. The Labute approximate surface area is 161 Å². The predicted molar refractivity (Wildman–Crippen MR) is 106 cm³/mol. The van der Waals surface area contributed by atoms with Crippen LogP contribution in [0, 0.1) is 13.8 Å². The summed E-state index contributed by atoms with van der Waals surface area (Å²) in [6.45, 7) is 2.45. The number of carbonyl (C=O) groups is 1. The summed E-state index contributed by atoms with van der Waals surface area (Å²) in [7, 11) is 0. The molecule has 0 aromatic heterocycles. The minimum Gasteiger partial charge on any atom is -0.433 e. The van der Waals surface area contributed by atoms with Gasteiger partial charge in [-0.05, 0) is 43.9 Å². The van der Waals surface area contributed by atoms with Crippen molar-refractivity contribution in [1.82, 2.24) is 5.43 Å². The Hall–Kier alpha value is -3.28. The van der Waals surface area contributed by atoms with Crippen LogP contribution in [-0.2, 0) is 0 Å². The van der Waals surface area contributed by atoms with Crippen molar-refractivity contribution < 1.29 is 18.3 Å². The van der Waals surface area contributed by atoms with Gasteiger partial charge in [0.1, 0.15) is 5.75 Å². The summed E-state index contributed by atoms with van der Waals surface area (Å²) in [6, 6.07) is 16.0. The Morgan fingerprint density at radius 3 is 2.46 bits per heavy atom. The molecule has 0 saturated heterocycles. The molecule has 1 N–H and O–H groups in total. The highest BCUT2D eigenvalue weighted by Crippen LogP contribution is 2.31. The summed E-state index contributed by atoms with van der Waals surface area (Å²) in [5.74, 6) is -0.330. The zero-order valence-corrected chi connectivity index (χ0v) is 15.8. The number of alkyl halides is 2. The van der Waals surface area contributed by atoms with Gasteiger partial charge >= 0.3 is 6.61 Å². The molecule has 4 nitrogen and oxygen atoms in total. The summed E-state index contributed by atoms with van der Waals surface area (Å²) in [5, 5.41) is 5.42. The quantitative estimate of drug-likeness (QED) is 0.486. The van der Waals surface area contributed by atoms with Crippen molar-refractivity contribution in [2.75, 3.05) is 0 Å². The lowest BCUT2D eigenvalue weighted by Gasteiger charge is -2.14. The van der Waals surface area contributed by atoms with E-state index in [-0.39, 0.29) is 11.7 Å². The average Bonchev–Trinajstić information content (AvgIpc) is 2.65. The molecule has 6 heteroatoms. The van der Waals surface area contributed by atoms with Crippen molar-refractivity contribution in [1.29, 1.82) is 0 Å². The van der Waals surface area contributed by atoms with E-state index in [0.29, 0.717) is 22.2 Å². The number of hydrogen-bond donors (Lipinski definition) is 1. The largest absolute Gasteiger partial charge is 0.433 e. The van der Waals surface area contributed by atoms with Crippen LogP contribution in [0.15, 0.2) is 59.7 Å². The molecule has 3 rings (SSSR count). The second-order valence-corrected chi connectivity index (χ2v) is 6.50. The monoisotopic (exact) mass is 382 g/mol. The van der Waals surface area contributed by atoms with Gasteiger partial charge in [-0.25, -0.2) is 5.43 Å². The van der Waals surface area contributed by atoms with Gasteiger partial charge in [-0.2, -0.15) is 13.9 Å². The number of nitrogens with zero attached hydrogens (tertiary/aromatic N) is 1. The Morgan fingerprint density at radius 2 is 1.75 bits per heavy atom. The van der Waals surface area contributed by atoms with Crippen LogP contribution in [0.5, 0.6) is 5.75 Å². The molecule has 1 amide bonds. The fraction of sp³-hybridized carbons (Fsp3) is 0.182. The predicted octanol–water partition coefficient (Wildman–Crippen LogP) is 5.21. The second-order valence-electron chi connectivity index (χ2n) is 6.50. The van der Waals surface area contributed by atoms with Crippen LogP contribution in [-0.4, -0.2) is 18.2 Å². The van der Waals surface area contributed by atoms with Gasteiger partial charge < -0.3 is 4.74 Å². The normalized spacial score (nSPS) is 11.7. The van der Waals surface area contributed by atoms with Gasteiger partial charge in [0.05, 0.1) is 5.71 Å². The fourth-order valence-corrected chi connectivity index (χ4v) is 3.07. The lowest BCUT2D eigenvalue weighted by atomic mass is 10.0. The van der Waals surface area contributed by atoms with Crippen LogP contribution in [0.4, 0.5) is 8.78 Å². The van der Waals surface area contributed by atoms with E-state index in [1.807, 2.05) is 38.1 Å². The summed E-state index contributed by atoms with van der Waals surface area (Å²) >= 11 is 0. The van der Waals surface area contributed by atoms with Crippen molar-refractivity contribution >= 4 is 22.4 Å². The zero-order valence-electron chi connectivity index (χ0n) is 15.8. The molecular weight excluding hydrogens is 362 g/mol. The average molecular weight is 382 g/mol. The molecule has 0 unspecified atom stereocenters. The number of rotatable bonds is 5. The number of fused-ring (bicyclic) bond motifs is 1. The SMILES string of the molecule is C/C(=N/NC(=O)c1ccc(C)cc1C)c1ccc2ccccc2c1OC(F)F. The molecule has 28 heavy (non-hydrogen) atoms. The molecule has 0 bridgehead atoms. The number of aryl methyl sites for hydroxylation is 2. The van der Waals surface area contributed by atoms with Gasteiger partial charge in [-0.1, -0.05) is 48.0 Å². The van der Waals surface area contributed by atoms with E-state index in [1.54, 1.807) is 37.3 Å². The van der Waals surface area contributed by atoms with Gasteiger partial charge in [0.2, 0.25) is 0 Å². The topological polar surface area (TPSA) is 50.7 Å². The summed E-state index contributed by atoms with van der Waals surface area (Å²) in [5.41, 5.74) is 5.63. The third-order valence-electron chi connectivity index (χ3n) is 4.43. The Balaban J connectivity index is 1.93. The number of amides is 1. The van der Waals surface area contributed by atoms with Crippen molar-refractivity contribution in [3.05, 3.63) is 76.9 Å². The molecule has 3 aromatic rings. The first kappa shape index (κ1) is 19.5. The number of benzene rings is 3. The maximum absolute atomic E-state index is 13.0.